The van der Waals surface area contributed by atoms with Gasteiger partial charge in [0.05, 0.1) is 11.1 Å². The summed E-state index contributed by atoms with van der Waals surface area (Å²) in [5.74, 6) is -4.76. The zero-order valence-corrected chi connectivity index (χ0v) is 30.9. The maximum atomic E-state index is 11.9. The first-order valence-electron chi connectivity index (χ1n) is 17.2. The van der Waals surface area contributed by atoms with Gasteiger partial charge in [-0.05, 0) is 95.6 Å². The predicted molar refractivity (Wildman–Crippen MR) is 219 cm³/mol. The Labute approximate surface area is 340 Å². The molecule has 306 valence electrons. The summed E-state index contributed by atoms with van der Waals surface area (Å²) in [7, 11) is 0. The molecule has 0 bridgehead atoms. The van der Waals surface area contributed by atoms with Crippen LogP contribution in [0.25, 0.3) is 18.2 Å². The minimum absolute atomic E-state index is 0.0575. The third kappa shape index (κ3) is 12.3. The topological polar surface area (TPSA) is 294 Å². The monoisotopic (exact) mass is 816 g/mol. The minimum atomic E-state index is -0.683. The number of hydrogen-bond acceptors (Lipinski definition) is 15. The van der Waals surface area contributed by atoms with Gasteiger partial charge in [0.2, 0.25) is 0 Å². The van der Waals surface area contributed by atoms with Gasteiger partial charge >= 0.3 is 0 Å². The number of aromatic hydroxyl groups is 12. The molecule has 0 fully saturated rings. The van der Waals surface area contributed by atoms with Crippen LogP contribution in [0.2, 0.25) is 0 Å². The number of rotatable bonds is 9. The summed E-state index contributed by atoms with van der Waals surface area (Å²) >= 11 is 0. The van der Waals surface area contributed by atoms with E-state index in [0.717, 1.165) is 35.9 Å². The zero-order chi connectivity index (χ0) is 44.1. The molecule has 0 spiro atoms. The molecule has 0 saturated heterocycles. The lowest BCUT2D eigenvalue weighted by Crippen LogP contribution is -1.95. The van der Waals surface area contributed by atoms with E-state index in [1.165, 1.54) is 97.1 Å². The van der Waals surface area contributed by atoms with Gasteiger partial charge in [0.25, 0.3) is 0 Å². The van der Waals surface area contributed by atoms with Crippen molar-refractivity contribution in [3.63, 3.8) is 0 Å². The minimum Gasteiger partial charge on any atom is -0.508 e. The second-order valence-corrected chi connectivity index (χ2v) is 12.4. The summed E-state index contributed by atoms with van der Waals surface area (Å²) in [5, 5.41) is 112. The van der Waals surface area contributed by atoms with Gasteiger partial charge in [0, 0.05) is 24.3 Å². The quantitative estimate of drug-likeness (QED) is 0.0390. The number of phenolic OH excluding ortho intramolecular Hbond substituents is 12. The SMILES string of the molecule is O=C(C=Cc1ccc(O)c(O)c1)c1c(O)cc(O)cc1O.O=C(C=Cc1ccc(O)c(O)c1)c1ccc(O)cc1O.O=C(C=Cc1ccc(O)cc1)c1ccc(O)cc1O. The molecule has 15 nitrogen and oxygen atoms in total. The Balaban J connectivity index is 0.000000199. The normalized spacial score (nSPS) is 10.8. The van der Waals surface area contributed by atoms with E-state index in [4.69, 9.17) is 30.6 Å². The van der Waals surface area contributed by atoms with Crippen LogP contribution in [0, 0.1) is 0 Å². The van der Waals surface area contributed by atoms with E-state index < -0.39 is 23.1 Å². The van der Waals surface area contributed by atoms with Crippen molar-refractivity contribution >= 4 is 35.6 Å². The Morgan fingerprint density at radius 2 is 0.650 bits per heavy atom. The molecular weight excluding hydrogens is 780 g/mol. The van der Waals surface area contributed by atoms with Gasteiger partial charge in [-0.2, -0.15) is 0 Å². The fraction of sp³-hybridized carbons (Fsp3) is 0. The van der Waals surface area contributed by atoms with Crippen LogP contribution >= 0.6 is 0 Å². The molecule has 0 saturated carbocycles. The molecule has 0 aliphatic heterocycles. The Kier molecular flexibility index (Phi) is 14.5. The number of carbonyl (C=O) groups is 3. The maximum absolute atomic E-state index is 11.9. The van der Waals surface area contributed by atoms with E-state index in [9.17, 15) is 45.0 Å². The number of benzene rings is 6. The summed E-state index contributed by atoms with van der Waals surface area (Å²) < 4.78 is 0. The lowest BCUT2D eigenvalue weighted by molar-refractivity contribution is 0.103. The van der Waals surface area contributed by atoms with Crippen LogP contribution in [-0.4, -0.2) is 78.6 Å². The van der Waals surface area contributed by atoms with Crippen LogP contribution in [0.15, 0.2) is 127 Å². The molecule has 60 heavy (non-hydrogen) atoms. The van der Waals surface area contributed by atoms with Crippen LogP contribution in [-0.2, 0) is 0 Å². The molecule has 6 aromatic rings. The van der Waals surface area contributed by atoms with E-state index in [2.05, 4.69) is 0 Å². The molecule has 0 aliphatic carbocycles. The van der Waals surface area contributed by atoms with Crippen LogP contribution in [0.1, 0.15) is 47.8 Å². The van der Waals surface area contributed by atoms with Crippen molar-refractivity contribution in [3.05, 3.63) is 161 Å². The lowest BCUT2D eigenvalue weighted by Gasteiger charge is -2.04. The average Bonchev–Trinajstić information content (AvgIpc) is 3.18. The van der Waals surface area contributed by atoms with Gasteiger partial charge in [-0.3, -0.25) is 14.4 Å². The average molecular weight is 817 g/mol. The van der Waals surface area contributed by atoms with Crippen molar-refractivity contribution < 1.29 is 75.7 Å². The summed E-state index contributed by atoms with van der Waals surface area (Å²) in [6, 6.07) is 23.8. The van der Waals surface area contributed by atoms with Crippen LogP contribution in [0.3, 0.4) is 0 Å². The summed E-state index contributed by atoms with van der Waals surface area (Å²) in [6.07, 6.45) is 7.98. The van der Waals surface area contributed by atoms with E-state index in [1.54, 1.807) is 18.2 Å². The van der Waals surface area contributed by atoms with Crippen molar-refractivity contribution in [3.8, 4) is 69.0 Å². The highest BCUT2D eigenvalue weighted by atomic mass is 16.3. The molecular formula is C45H36O15. The highest BCUT2D eigenvalue weighted by Gasteiger charge is 2.16. The standard InChI is InChI=1S/C15H12O6.C15H12O5.C15H12O4/c16-9-6-13(20)15(14(21)7-9)11(18)4-2-8-1-3-10(17)12(19)5-8;16-10-3-4-11(14(19)8-10)12(17)5-1-9-2-6-13(18)15(20)7-9;16-11-4-1-10(2-5-11)3-8-14(18)13-7-6-12(17)9-15(13)19/h1-7,16-17,19-21H;1-8,16,18-20H;1-9,16-17,19H. The maximum Gasteiger partial charge on any atom is 0.193 e. The van der Waals surface area contributed by atoms with E-state index in [1.807, 2.05) is 0 Å². The zero-order valence-electron chi connectivity index (χ0n) is 30.9. The highest BCUT2D eigenvalue weighted by molar-refractivity contribution is 6.11. The Morgan fingerprint density at radius 3 is 1.05 bits per heavy atom. The van der Waals surface area contributed by atoms with Gasteiger partial charge in [0.15, 0.2) is 40.3 Å². The Morgan fingerprint density at radius 1 is 0.300 bits per heavy atom. The number of phenols is 12. The van der Waals surface area contributed by atoms with E-state index >= 15 is 0 Å². The summed E-state index contributed by atoms with van der Waals surface area (Å²) in [5.41, 5.74) is 1.55. The van der Waals surface area contributed by atoms with Gasteiger partial charge in [-0.1, -0.05) is 42.5 Å². The van der Waals surface area contributed by atoms with Crippen molar-refractivity contribution in [2.24, 2.45) is 0 Å². The van der Waals surface area contributed by atoms with Crippen molar-refractivity contribution in [2.45, 2.75) is 0 Å². The number of hydrogen-bond donors (Lipinski definition) is 12. The molecule has 0 aliphatic rings. The molecule has 15 heteroatoms. The second kappa shape index (κ2) is 19.8. The van der Waals surface area contributed by atoms with Gasteiger partial charge < -0.3 is 61.3 Å². The third-order valence-electron chi connectivity index (χ3n) is 7.99. The van der Waals surface area contributed by atoms with Crippen molar-refractivity contribution in [2.75, 3.05) is 0 Å². The van der Waals surface area contributed by atoms with Crippen LogP contribution in [0.4, 0.5) is 0 Å². The number of carbonyl (C=O) groups excluding carboxylic acids is 3. The highest BCUT2D eigenvalue weighted by Crippen LogP contribution is 2.33. The smallest absolute Gasteiger partial charge is 0.193 e. The molecule has 6 aromatic carbocycles. The van der Waals surface area contributed by atoms with Crippen LogP contribution in [0.5, 0.6) is 69.0 Å². The van der Waals surface area contributed by atoms with Gasteiger partial charge in [-0.25, -0.2) is 0 Å². The van der Waals surface area contributed by atoms with E-state index in [-0.39, 0.29) is 80.0 Å². The molecule has 12 N–H and O–H groups in total. The van der Waals surface area contributed by atoms with E-state index in [0.29, 0.717) is 11.1 Å². The van der Waals surface area contributed by atoms with Gasteiger partial charge in [-0.15, -0.1) is 0 Å². The first-order valence-corrected chi connectivity index (χ1v) is 17.2. The molecule has 6 rings (SSSR count). The van der Waals surface area contributed by atoms with Crippen molar-refractivity contribution in [1.29, 1.82) is 0 Å². The molecule has 0 radical (unpaired) electrons. The lowest BCUT2D eigenvalue weighted by atomic mass is 10.1. The number of ketones is 3. The molecule has 0 unspecified atom stereocenters. The predicted octanol–water partition coefficient (Wildman–Crippen LogP) is 7.22. The Hall–Kier alpha value is -8.85. The number of allylic oxidation sites excluding steroid dienone is 3. The Bertz CT molecular complexity index is 2600. The molecule has 0 heterocycles. The second-order valence-electron chi connectivity index (χ2n) is 12.4. The first-order chi connectivity index (χ1) is 28.4. The van der Waals surface area contributed by atoms with Gasteiger partial charge in [0.1, 0.15) is 51.6 Å². The van der Waals surface area contributed by atoms with Crippen molar-refractivity contribution in [1.82, 2.24) is 0 Å². The fourth-order valence-electron chi connectivity index (χ4n) is 4.96. The third-order valence-corrected chi connectivity index (χ3v) is 7.99. The molecule has 0 aromatic heterocycles. The first kappa shape index (κ1) is 43.9. The molecule has 0 atom stereocenters. The summed E-state index contributed by atoms with van der Waals surface area (Å²) in [4.78, 5) is 35.6. The fourth-order valence-corrected chi connectivity index (χ4v) is 4.96. The summed E-state index contributed by atoms with van der Waals surface area (Å²) in [6.45, 7) is 0. The largest absolute Gasteiger partial charge is 0.508 e. The molecule has 0 amide bonds. The van der Waals surface area contributed by atoms with Crippen LogP contribution < -0.4 is 0 Å².